The number of carbonyl (C=O) groups is 1. The molecule has 2 aromatic carbocycles. The molecule has 4 rings (SSSR count). The molecule has 0 aliphatic carbocycles. The zero-order chi connectivity index (χ0) is 16.7. The number of benzene rings is 2. The molecule has 3 aromatic rings. The van der Waals surface area contributed by atoms with Crippen molar-refractivity contribution in [2.45, 2.75) is 13.3 Å². The molecule has 1 amide bonds. The summed E-state index contributed by atoms with van der Waals surface area (Å²) in [5, 5.41) is 0. The number of anilines is 2. The molecule has 0 atom stereocenters. The fourth-order valence-electron chi connectivity index (χ4n) is 3.11. The lowest BCUT2D eigenvalue weighted by atomic mass is 10.2. The molecular weight excluding hydrogens is 302 g/mol. The van der Waals surface area contributed by atoms with E-state index in [-0.39, 0.29) is 5.91 Å². The van der Waals surface area contributed by atoms with Crippen molar-refractivity contribution < 1.29 is 9.53 Å². The van der Waals surface area contributed by atoms with Crippen LogP contribution in [-0.4, -0.2) is 22.6 Å². The minimum atomic E-state index is 0.0736. The largest absolute Gasteiger partial charge is 0.494 e. The number of ether oxygens (including phenoxy) is 1. The molecule has 0 unspecified atom stereocenters. The summed E-state index contributed by atoms with van der Waals surface area (Å²) in [5.74, 6) is 0.770. The van der Waals surface area contributed by atoms with E-state index in [0.717, 1.165) is 28.3 Å². The Labute approximate surface area is 140 Å². The van der Waals surface area contributed by atoms with Crippen molar-refractivity contribution in [2.24, 2.45) is 0 Å². The maximum atomic E-state index is 12.5. The van der Waals surface area contributed by atoms with E-state index in [1.165, 1.54) is 0 Å². The Morgan fingerprint density at radius 1 is 1.12 bits per heavy atom. The molecule has 0 spiro atoms. The fourth-order valence-corrected chi connectivity index (χ4v) is 3.11. The lowest BCUT2D eigenvalue weighted by Gasteiger charge is -2.19. The number of amides is 1. The van der Waals surface area contributed by atoms with Gasteiger partial charge in [-0.1, -0.05) is 18.2 Å². The number of fused-ring (bicyclic) bond motifs is 1. The smallest absolute Gasteiger partial charge is 0.236 e. The molecule has 0 radical (unpaired) electrons. The lowest BCUT2D eigenvalue weighted by molar-refractivity contribution is -0.116. The number of rotatable bonds is 3. The van der Waals surface area contributed by atoms with Gasteiger partial charge in [0.25, 0.3) is 0 Å². The van der Waals surface area contributed by atoms with Gasteiger partial charge in [-0.25, -0.2) is 4.98 Å². The van der Waals surface area contributed by atoms with Crippen LogP contribution < -0.4 is 9.64 Å². The minimum Gasteiger partial charge on any atom is -0.494 e. The Morgan fingerprint density at radius 2 is 1.96 bits per heavy atom. The van der Waals surface area contributed by atoms with Crippen molar-refractivity contribution in [3.63, 3.8) is 0 Å². The van der Waals surface area contributed by atoms with Crippen molar-refractivity contribution in [1.82, 2.24) is 9.55 Å². The average molecular weight is 319 g/mol. The number of aromatic nitrogens is 2. The zero-order valence-corrected chi connectivity index (χ0v) is 13.6. The first kappa shape index (κ1) is 14.5. The van der Waals surface area contributed by atoms with Crippen molar-refractivity contribution in [3.05, 3.63) is 66.2 Å². The summed E-state index contributed by atoms with van der Waals surface area (Å²) in [7, 11) is 1.63. The molecule has 5 nitrogen and oxygen atoms in total. The highest BCUT2D eigenvalue weighted by Gasteiger charge is 2.28. The summed E-state index contributed by atoms with van der Waals surface area (Å²) in [6.07, 6.45) is 4.12. The number of carbonyl (C=O) groups excluding carboxylic acids is 1. The van der Waals surface area contributed by atoms with Crippen LogP contribution in [0, 0.1) is 6.92 Å². The second kappa shape index (κ2) is 5.53. The van der Waals surface area contributed by atoms with Crippen LogP contribution in [0.2, 0.25) is 0 Å². The normalized spacial score (nSPS) is 13.2. The van der Waals surface area contributed by atoms with Gasteiger partial charge in [-0.05, 0) is 30.7 Å². The van der Waals surface area contributed by atoms with Gasteiger partial charge in [-0.15, -0.1) is 0 Å². The highest BCUT2D eigenvalue weighted by Crippen LogP contribution is 2.38. The first-order valence-electron chi connectivity index (χ1n) is 7.77. The van der Waals surface area contributed by atoms with Crippen LogP contribution in [0.25, 0.3) is 5.69 Å². The Balaban J connectivity index is 1.79. The van der Waals surface area contributed by atoms with Crippen molar-refractivity contribution in [2.75, 3.05) is 12.0 Å². The van der Waals surface area contributed by atoms with Crippen LogP contribution in [0.3, 0.4) is 0 Å². The van der Waals surface area contributed by atoms with Crippen molar-refractivity contribution in [1.29, 1.82) is 0 Å². The third kappa shape index (κ3) is 2.25. The Kier molecular flexibility index (Phi) is 3.34. The summed E-state index contributed by atoms with van der Waals surface area (Å²) in [6, 6.07) is 13.7. The first-order valence-corrected chi connectivity index (χ1v) is 7.77. The highest BCUT2D eigenvalue weighted by molar-refractivity contribution is 6.07. The second-order valence-corrected chi connectivity index (χ2v) is 5.81. The second-order valence-electron chi connectivity index (χ2n) is 5.81. The molecule has 1 aliphatic heterocycles. The number of nitrogens with zero attached hydrogens (tertiary/aromatic N) is 3. The molecule has 2 heterocycles. The molecule has 1 aliphatic rings. The Morgan fingerprint density at radius 3 is 2.71 bits per heavy atom. The Hall–Kier alpha value is -3.08. The summed E-state index contributed by atoms with van der Waals surface area (Å²) in [6.45, 7) is 1.94. The van der Waals surface area contributed by atoms with Gasteiger partial charge in [0.05, 0.1) is 42.6 Å². The third-order valence-corrected chi connectivity index (χ3v) is 4.23. The standard InChI is InChI=1S/C19H17N3O2/c1-13-11-21(12-20-13)17-8-7-15(10-18(17)24-2)22-16-6-4-3-5-14(16)9-19(22)23/h3-8,10-12H,9H2,1-2H3. The molecule has 120 valence electrons. The topological polar surface area (TPSA) is 47.4 Å². The number of methoxy groups -OCH3 is 1. The monoisotopic (exact) mass is 319 g/mol. The van der Waals surface area contributed by atoms with Gasteiger partial charge in [0.1, 0.15) is 5.75 Å². The lowest BCUT2D eigenvalue weighted by Crippen LogP contribution is -2.20. The van der Waals surface area contributed by atoms with Gasteiger partial charge in [0.2, 0.25) is 5.91 Å². The van der Waals surface area contributed by atoms with E-state index in [1.807, 2.05) is 60.2 Å². The molecule has 0 saturated heterocycles. The number of para-hydroxylation sites is 1. The zero-order valence-electron chi connectivity index (χ0n) is 13.6. The van der Waals surface area contributed by atoms with E-state index in [9.17, 15) is 4.79 Å². The summed E-state index contributed by atoms with van der Waals surface area (Å²) >= 11 is 0. The van der Waals surface area contributed by atoms with Gasteiger partial charge in [-0.2, -0.15) is 0 Å². The average Bonchev–Trinajstić information content (AvgIpc) is 3.16. The van der Waals surface area contributed by atoms with E-state index in [1.54, 1.807) is 18.3 Å². The van der Waals surface area contributed by atoms with Crippen LogP contribution in [0.5, 0.6) is 5.75 Å². The highest BCUT2D eigenvalue weighted by atomic mass is 16.5. The number of hydrogen-bond acceptors (Lipinski definition) is 3. The number of hydrogen-bond donors (Lipinski definition) is 0. The molecular formula is C19H17N3O2. The molecule has 0 N–H and O–H groups in total. The van der Waals surface area contributed by atoms with E-state index >= 15 is 0 Å². The van der Waals surface area contributed by atoms with E-state index in [2.05, 4.69) is 4.98 Å². The van der Waals surface area contributed by atoms with Gasteiger partial charge >= 0.3 is 0 Å². The molecule has 24 heavy (non-hydrogen) atoms. The van der Waals surface area contributed by atoms with Crippen LogP contribution in [0.4, 0.5) is 11.4 Å². The number of aryl methyl sites for hydroxylation is 1. The van der Waals surface area contributed by atoms with Gasteiger partial charge in [0, 0.05) is 12.3 Å². The van der Waals surface area contributed by atoms with Gasteiger partial charge in [-0.3, -0.25) is 9.69 Å². The van der Waals surface area contributed by atoms with Crippen LogP contribution in [0.1, 0.15) is 11.3 Å². The molecule has 1 aromatic heterocycles. The molecule has 5 heteroatoms. The van der Waals surface area contributed by atoms with Crippen LogP contribution in [-0.2, 0) is 11.2 Å². The van der Waals surface area contributed by atoms with Crippen molar-refractivity contribution >= 4 is 17.3 Å². The third-order valence-electron chi connectivity index (χ3n) is 4.23. The predicted molar refractivity (Wildman–Crippen MR) is 92.1 cm³/mol. The van der Waals surface area contributed by atoms with Crippen LogP contribution >= 0.6 is 0 Å². The van der Waals surface area contributed by atoms with Gasteiger partial charge < -0.3 is 9.30 Å². The van der Waals surface area contributed by atoms with Gasteiger partial charge in [0.15, 0.2) is 0 Å². The summed E-state index contributed by atoms with van der Waals surface area (Å²) < 4.78 is 7.46. The summed E-state index contributed by atoms with van der Waals surface area (Å²) in [4.78, 5) is 18.5. The fraction of sp³-hybridized carbons (Fsp3) is 0.158. The SMILES string of the molecule is COc1cc(N2C(=O)Cc3ccccc32)ccc1-n1cnc(C)c1. The van der Waals surface area contributed by atoms with E-state index < -0.39 is 0 Å². The Bertz CT molecular complexity index is 930. The van der Waals surface area contributed by atoms with E-state index in [4.69, 9.17) is 4.74 Å². The molecule has 0 bridgehead atoms. The minimum absolute atomic E-state index is 0.0736. The van der Waals surface area contributed by atoms with Crippen LogP contribution in [0.15, 0.2) is 55.0 Å². The number of imidazole rings is 1. The maximum Gasteiger partial charge on any atom is 0.236 e. The summed E-state index contributed by atoms with van der Waals surface area (Å²) in [5.41, 5.74) is 4.63. The first-order chi connectivity index (χ1) is 11.7. The quantitative estimate of drug-likeness (QED) is 0.743. The molecule has 0 saturated carbocycles. The van der Waals surface area contributed by atoms with E-state index in [0.29, 0.717) is 12.2 Å². The van der Waals surface area contributed by atoms with Crippen molar-refractivity contribution in [3.8, 4) is 11.4 Å². The maximum absolute atomic E-state index is 12.5. The molecule has 0 fully saturated rings. The predicted octanol–water partition coefficient (Wildman–Crippen LogP) is 3.41.